The number of tetrazole rings is 1. The van der Waals surface area contributed by atoms with Crippen molar-refractivity contribution >= 4 is 5.97 Å². The molecule has 0 saturated heterocycles. The lowest BCUT2D eigenvalue weighted by Crippen LogP contribution is -2.10. The van der Waals surface area contributed by atoms with E-state index < -0.39 is 5.97 Å². The van der Waals surface area contributed by atoms with Gasteiger partial charge in [-0.1, -0.05) is 24.3 Å². The van der Waals surface area contributed by atoms with Crippen LogP contribution in [-0.2, 0) is 24.2 Å². The molecule has 0 amide bonds. The van der Waals surface area contributed by atoms with Crippen molar-refractivity contribution in [1.82, 2.24) is 20.2 Å². The van der Waals surface area contributed by atoms with Gasteiger partial charge in [-0.2, -0.15) is 0 Å². The number of carbonyl (C=O) groups is 1. The Hall–Kier alpha value is -2.24. The molecule has 1 aromatic carbocycles. The number of aryl methyl sites for hydroxylation is 4. The number of hydrogen-bond donors (Lipinski definition) is 1. The molecule has 6 nitrogen and oxygen atoms in total. The summed E-state index contributed by atoms with van der Waals surface area (Å²) in [6.07, 6.45) is 1.58. The highest BCUT2D eigenvalue weighted by molar-refractivity contribution is 5.66. The molecule has 0 spiro atoms. The Morgan fingerprint density at radius 2 is 2.11 bits per heavy atom. The highest BCUT2D eigenvalue weighted by Gasteiger charge is 2.08. The Labute approximate surface area is 111 Å². The maximum atomic E-state index is 10.5. The molecule has 0 atom stereocenters. The minimum Gasteiger partial charge on any atom is -0.481 e. The predicted octanol–water partition coefficient (Wildman–Crippen LogP) is 1.24. The highest BCUT2D eigenvalue weighted by atomic mass is 16.4. The van der Waals surface area contributed by atoms with Crippen LogP contribution >= 0.6 is 0 Å². The molecule has 0 fully saturated rings. The van der Waals surface area contributed by atoms with E-state index in [9.17, 15) is 4.79 Å². The number of carboxylic acid groups (broad SMARTS) is 1. The van der Waals surface area contributed by atoms with Gasteiger partial charge in [-0.15, -0.1) is 5.10 Å². The smallest absolute Gasteiger partial charge is 0.305 e. The van der Waals surface area contributed by atoms with Crippen LogP contribution in [0.5, 0.6) is 0 Å². The van der Waals surface area contributed by atoms with Crippen molar-refractivity contribution in [2.75, 3.05) is 0 Å². The number of carboxylic acids is 1. The van der Waals surface area contributed by atoms with Crippen LogP contribution in [0.25, 0.3) is 0 Å². The molecule has 0 aliphatic carbocycles. The highest BCUT2D eigenvalue weighted by Crippen LogP contribution is 2.10. The lowest BCUT2D eigenvalue weighted by atomic mass is 10.0. The normalized spacial score (nSPS) is 10.6. The summed E-state index contributed by atoms with van der Waals surface area (Å²) in [4.78, 5) is 10.5. The summed E-state index contributed by atoms with van der Waals surface area (Å²) in [6.45, 7) is 2.38. The van der Waals surface area contributed by atoms with Gasteiger partial charge in [0.1, 0.15) is 0 Å². The van der Waals surface area contributed by atoms with Crippen LogP contribution in [0, 0.1) is 6.92 Å². The summed E-state index contributed by atoms with van der Waals surface area (Å²) in [6, 6.07) is 8.18. The first-order valence-corrected chi connectivity index (χ1v) is 6.18. The number of nitrogens with zero attached hydrogens (tertiary/aromatic N) is 4. The summed E-state index contributed by atoms with van der Waals surface area (Å²) in [7, 11) is 0. The summed E-state index contributed by atoms with van der Waals surface area (Å²) < 4.78 is 1.56. The zero-order valence-corrected chi connectivity index (χ0v) is 10.8. The quantitative estimate of drug-likeness (QED) is 0.845. The molecule has 2 rings (SSSR count). The van der Waals surface area contributed by atoms with Gasteiger partial charge in [0.2, 0.25) is 0 Å². The van der Waals surface area contributed by atoms with E-state index in [0.29, 0.717) is 13.0 Å². The minimum atomic E-state index is -0.847. The molecule has 19 heavy (non-hydrogen) atoms. The van der Waals surface area contributed by atoms with Gasteiger partial charge in [0.05, 0.1) is 13.0 Å². The van der Waals surface area contributed by atoms with Crippen LogP contribution in [-0.4, -0.2) is 31.3 Å². The molecule has 0 unspecified atom stereocenters. The molecule has 0 radical (unpaired) electrons. The van der Waals surface area contributed by atoms with E-state index in [0.717, 1.165) is 12.2 Å². The third-order valence-corrected chi connectivity index (χ3v) is 3.02. The van der Waals surface area contributed by atoms with Crippen molar-refractivity contribution in [2.24, 2.45) is 0 Å². The third kappa shape index (κ3) is 3.61. The van der Waals surface area contributed by atoms with E-state index in [1.54, 1.807) is 4.68 Å². The fourth-order valence-electron chi connectivity index (χ4n) is 1.91. The summed E-state index contributed by atoms with van der Waals surface area (Å²) in [5.41, 5.74) is 2.50. The van der Waals surface area contributed by atoms with Gasteiger partial charge in [0.25, 0.3) is 0 Å². The average molecular weight is 260 g/mol. The zero-order valence-electron chi connectivity index (χ0n) is 10.8. The minimum absolute atomic E-state index is 0.0302. The van der Waals surface area contributed by atoms with Crippen molar-refractivity contribution in [2.45, 2.75) is 32.7 Å². The monoisotopic (exact) mass is 260 g/mol. The largest absolute Gasteiger partial charge is 0.481 e. The molecule has 0 saturated carbocycles. The SMILES string of the molecule is Cc1ccccc1CCc1nnnn1CCC(=O)O. The van der Waals surface area contributed by atoms with Crippen molar-refractivity contribution in [3.63, 3.8) is 0 Å². The first-order valence-electron chi connectivity index (χ1n) is 6.18. The molecule has 2 aromatic rings. The van der Waals surface area contributed by atoms with Crippen LogP contribution in [0.3, 0.4) is 0 Å². The number of aromatic nitrogens is 4. The Kier molecular flexibility index (Phi) is 4.22. The van der Waals surface area contributed by atoms with Crippen LogP contribution < -0.4 is 0 Å². The fraction of sp³-hybridized carbons (Fsp3) is 0.385. The molecule has 0 aliphatic heterocycles. The van der Waals surface area contributed by atoms with Gasteiger partial charge in [-0.25, -0.2) is 4.68 Å². The van der Waals surface area contributed by atoms with Gasteiger partial charge < -0.3 is 5.11 Å². The van der Waals surface area contributed by atoms with E-state index in [1.165, 1.54) is 11.1 Å². The number of benzene rings is 1. The maximum Gasteiger partial charge on any atom is 0.305 e. The van der Waals surface area contributed by atoms with E-state index in [-0.39, 0.29) is 6.42 Å². The van der Waals surface area contributed by atoms with Crippen LogP contribution in [0.1, 0.15) is 23.4 Å². The molecule has 1 N–H and O–H groups in total. The zero-order chi connectivity index (χ0) is 13.7. The second kappa shape index (κ2) is 6.08. The average Bonchev–Trinajstić information content (AvgIpc) is 2.83. The standard InChI is InChI=1S/C13H16N4O2/c1-10-4-2-3-5-11(10)6-7-12-14-15-16-17(12)9-8-13(18)19/h2-5H,6-9H2,1H3,(H,18,19). The van der Waals surface area contributed by atoms with Gasteiger partial charge in [0.15, 0.2) is 5.82 Å². The topological polar surface area (TPSA) is 80.9 Å². The molecule has 0 aliphatic rings. The Balaban J connectivity index is 1.98. The maximum absolute atomic E-state index is 10.5. The van der Waals surface area contributed by atoms with Crippen LogP contribution in [0.2, 0.25) is 0 Å². The summed E-state index contributed by atoms with van der Waals surface area (Å²) in [5.74, 6) is -0.121. The first-order chi connectivity index (χ1) is 9.16. The summed E-state index contributed by atoms with van der Waals surface area (Å²) >= 11 is 0. The lowest BCUT2D eigenvalue weighted by Gasteiger charge is -2.05. The Bertz CT molecular complexity index is 565. The van der Waals surface area contributed by atoms with E-state index in [4.69, 9.17) is 5.11 Å². The molecule has 6 heteroatoms. The number of aliphatic carboxylic acids is 1. The second-order valence-corrected chi connectivity index (χ2v) is 4.39. The molecule has 0 bridgehead atoms. The van der Waals surface area contributed by atoms with E-state index in [1.807, 2.05) is 12.1 Å². The Morgan fingerprint density at radius 3 is 2.84 bits per heavy atom. The van der Waals surface area contributed by atoms with Crippen LogP contribution in [0.15, 0.2) is 24.3 Å². The molecular weight excluding hydrogens is 244 g/mol. The molecule has 1 heterocycles. The number of rotatable bonds is 6. The van der Waals surface area contributed by atoms with Gasteiger partial charge >= 0.3 is 5.97 Å². The molecular formula is C13H16N4O2. The third-order valence-electron chi connectivity index (χ3n) is 3.02. The molecule has 1 aromatic heterocycles. The van der Waals surface area contributed by atoms with Crippen LogP contribution in [0.4, 0.5) is 0 Å². The van der Waals surface area contributed by atoms with Crippen molar-refractivity contribution < 1.29 is 9.90 Å². The molecule has 100 valence electrons. The first kappa shape index (κ1) is 13.2. The van der Waals surface area contributed by atoms with E-state index in [2.05, 4.69) is 34.6 Å². The van der Waals surface area contributed by atoms with Crippen molar-refractivity contribution in [1.29, 1.82) is 0 Å². The number of hydrogen-bond acceptors (Lipinski definition) is 4. The van der Waals surface area contributed by atoms with Crippen molar-refractivity contribution in [3.8, 4) is 0 Å². The van der Waals surface area contributed by atoms with Gasteiger partial charge in [-0.3, -0.25) is 4.79 Å². The fourth-order valence-corrected chi connectivity index (χ4v) is 1.91. The predicted molar refractivity (Wildman–Crippen MR) is 68.7 cm³/mol. The van der Waals surface area contributed by atoms with Gasteiger partial charge in [0, 0.05) is 6.42 Å². The van der Waals surface area contributed by atoms with Gasteiger partial charge in [-0.05, 0) is 34.9 Å². The lowest BCUT2D eigenvalue weighted by molar-refractivity contribution is -0.137. The van der Waals surface area contributed by atoms with Crippen molar-refractivity contribution in [3.05, 3.63) is 41.2 Å². The van der Waals surface area contributed by atoms with E-state index >= 15 is 0 Å². The Morgan fingerprint density at radius 1 is 1.32 bits per heavy atom. The second-order valence-electron chi connectivity index (χ2n) is 4.39. The summed E-state index contributed by atoms with van der Waals surface area (Å²) in [5, 5.41) is 20.0.